The minimum absolute atomic E-state index is 0. The Labute approximate surface area is 184 Å². The Morgan fingerprint density at radius 1 is 1.39 bits per heavy atom. The minimum atomic E-state index is -0.00169. The molecule has 0 aliphatic carbocycles. The van der Waals surface area contributed by atoms with E-state index in [1.54, 1.807) is 0 Å². The molecule has 1 aromatic carbocycles. The van der Waals surface area contributed by atoms with E-state index in [9.17, 15) is 0 Å². The number of ether oxygens (including phenoxy) is 1. The Hall–Kier alpha value is -1.84. The Kier molecular flexibility index (Phi) is 8.53. The lowest BCUT2D eigenvalue weighted by Crippen LogP contribution is -2.47. The van der Waals surface area contributed by atoms with Crippen LogP contribution in [-0.4, -0.2) is 46.0 Å². The fourth-order valence-electron chi connectivity index (χ4n) is 3.24. The molecule has 0 amide bonds. The summed E-state index contributed by atoms with van der Waals surface area (Å²) >= 11 is 0. The highest BCUT2D eigenvalue weighted by Crippen LogP contribution is 2.15. The van der Waals surface area contributed by atoms with Crippen LogP contribution in [0.1, 0.15) is 37.5 Å². The highest BCUT2D eigenvalue weighted by Gasteiger charge is 2.21. The zero-order valence-electron chi connectivity index (χ0n) is 17.1. The van der Waals surface area contributed by atoms with Crippen molar-refractivity contribution in [3.8, 4) is 5.75 Å². The predicted octanol–water partition coefficient (Wildman–Crippen LogP) is 2.85. The third-order valence-corrected chi connectivity index (χ3v) is 4.48. The Morgan fingerprint density at radius 3 is 2.96 bits per heavy atom. The molecule has 3 rings (SSSR count). The van der Waals surface area contributed by atoms with Crippen LogP contribution < -0.4 is 15.4 Å². The van der Waals surface area contributed by atoms with Crippen molar-refractivity contribution in [2.24, 2.45) is 4.99 Å². The monoisotopic (exact) mass is 498 g/mol. The summed E-state index contributed by atoms with van der Waals surface area (Å²) in [4.78, 5) is 9.18. The summed E-state index contributed by atoms with van der Waals surface area (Å²) in [5.41, 5.74) is 1.19. The number of hydrogen-bond acceptors (Lipinski definition) is 4. The Bertz CT molecular complexity index is 791. The van der Waals surface area contributed by atoms with Gasteiger partial charge in [-0.1, -0.05) is 12.1 Å². The number of nitrogens with one attached hydrogen (secondary N) is 2. The summed E-state index contributed by atoms with van der Waals surface area (Å²) in [7, 11) is 0. The van der Waals surface area contributed by atoms with Gasteiger partial charge in [-0.25, -0.2) is 14.7 Å². The summed E-state index contributed by atoms with van der Waals surface area (Å²) in [6, 6.07) is 8.40. The molecule has 0 saturated carbocycles. The first-order valence-electron chi connectivity index (χ1n) is 9.72. The molecule has 1 aromatic heterocycles. The third kappa shape index (κ3) is 6.35. The van der Waals surface area contributed by atoms with E-state index in [0.717, 1.165) is 49.3 Å². The number of aliphatic imine (C=N–C) groups is 1. The molecule has 0 saturated heterocycles. The van der Waals surface area contributed by atoms with Crippen LogP contribution >= 0.6 is 24.0 Å². The second-order valence-corrected chi connectivity index (χ2v) is 7.10. The molecule has 2 aromatic rings. The largest absolute Gasteiger partial charge is 0.489 e. The number of rotatable bonds is 6. The normalized spacial score (nSPS) is 17.3. The van der Waals surface area contributed by atoms with E-state index in [4.69, 9.17) is 9.73 Å². The maximum atomic E-state index is 5.98. The number of nitrogens with zero attached hydrogens (tertiary/aromatic N) is 4. The second kappa shape index (κ2) is 10.6. The zero-order chi connectivity index (χ0) is 19.2. The van der Waals surface area contributed by atoms with Gasteiger partial charge in [0.05, 0.1) is 13.1 Å². The summed E-state index contributed by atoms with van der Waals surface area (Å²) in [6.07, 6.45) is 1.96. The van der Waals surface area contributed by atoms with Crippen molar-refractivity contribution in [1.82, 2.24) is 25.4 Å². The molecule has 0 spiro atoms. The first kappa shape index (κ1) is 22.4. The van der Waals surface area contributed by atoms with Gasteiger partial charge in [-0.2, -0.15) is 5.10 Å². The number of fused-ring (bicyclic) bond motifs is 1. The van der Waals surface area contributed by atoms with Crippen LogP contribution in [0.2, 0.25) is 0 Å². The van der Waals surface area contributed by atoms with Gasteiger partial charge in [0.15, 0.2) is 5.96 Å². The lowest BCUT2D eigenvalue weighted by Gasteiger charge is -2.25. The van der Waals surface area contributed by atoms with E-state index in [2.05, 4.69) is 40.6 Å². The van der Waals surface area contributed by atoms with Gasteiger partial charge in [0, 0.05) is 19.0 Å². The van der Waals surface area contributed by atoms with Crippen molar-refractivity contribution in [2.45, 2.75) is 59.2 Å². The SMILES string of the molecule is CCNC(=NCC(C)Oc1cccc(C)c1)NC1CCc2nc(C)nn2C1.I. The van der Waals surface area contributed by atoms with Gasteiger partial charge < -0.3 is 15.4 Å². The van der Waals surface area contributed by atoms with Gasteiger partial charge in [0.2, 0.25) is 0 Å². The van der Waals surface area contributed by atoms with Crippen LogP contribution in [0.4, 0.5) is 0 Å². The van der Waals surface area contributed by atoms with Crippen molar-refractivity contribution < 1.29 is 4.74 Å². The summed E-state index contributed by atoms with van der Waals surface area (Å²) in [6.45, 7) is 10.3. The molecule has 2 atom stereocenters. The molecule has 0 bridgehead atoms. The van der Waals surface area contributed by atoms with Crippen LogP contribution in [0.3, 0.4) is 0 Å². The van der Waals surface area contributed by atoms with Gasteiger partial charge in [-0.3, -0.25) is 0 Å². The smallest absolute Gasteiger partial charge is 0.191 e. The fraction of sp³-hybridized carbons (Fsp3) is 0.550. The van der Waals surface area contributed by atoms with E-state index < -0.39 is 0 Å². The molecular formula is C20H31IN6O. The van der Waals surface area contributed by atoms with Crippen molar-refractivity contribution in [1.29, 1.82) is 0 Å². The van der Waals surface area contributed by atoms with Crippen molar-refractivity contribution in [3.05, 3.63) is 41.5 Å². The molecule has 8 heteroatoms. The van der Waals surface area contributed by atoms with E-state index in [1.807, 2.05) is 36.7 Å². The predicted molar refractivity (Wildman–Crippen MR) is 123 cm³/mol. The van der Waals surface area contributed by atoms with Crippen molar-refractivity contribution >= 4 is 29.9 Å². The Balaban J connectivity index is 0.00000280. The van der Waals surface area contributed by atoms with Gasteiger partial charge in [0.25, 0.3) is 0 Å². The second-order valence-electron chi connectivity index (χ2n) is 7.10. The number of hydrogen-bond donors (Lipinski definition) is 2. The zero-order valence-corrected chi connectivity index (χ0v) is 19.4. The van der Waals surface area contributed by atoms with Gasteiger partial charge >= 0.3 is 0 Å². The van der Waals surface area contributed by atoms with Crippen LogP contribution in [0, 0.1) is 13.8 Å². The number of aryl methyl sites for hydroxylation is 3. The van der Waals surface area contributed by atoms with Gasteiger partial charge in [-0.15, -0.1) is 24.0 Å². The first-order chi connectivity index (χ1) is 13.0. The highest BCUT2D eigenvalue weighted by molar-refractivity contribution is 14.0. The van der Waals surface area contributed by atoms with Gasteiger partial charge in [0.1, 0.15) is 23.5 Å². The number of benzene rings is 1. The van der Waals surface area contributed by atoms with Crippen LogP contribution in [-0.2, 0) is 13.0 Å². The fourth-order valence-corrected chi connectivity index (χ4v) is 3.24. The van der Waals surface area contributed by atoms with E-state index >= 15 is 0 Å². The topological polar surface area (TPSA) is 76.4 Å². The molecule has 28 heavy (non-hydrogen) atoms. The Morgan fingerprint density at radius 2 is 2.21 bits per heavy atom. The lowest BCUT2D eigenvalue weighted by molar-refractivity contribution is 0.230. The van der Waals surface area contributed by atoms with Crippen LogP contribution in [0.15, 0.2) is 29.3 Å². The van der Waals surface area contributed by atoms with Crippen LogP contribution in [0.5, 0.6) is 5.75 Å². The lowest BCUT2D eigenvalue weighted by atomic mass is 10.1. The average Bonchev–Trinajstić information content (AvgIpc) is 2.99. The maximum Gasteiger partial charge on any atom is 0.191 e. The molecule has 0 fully saturated rings. The third-order valence-electron chi connectivity index (χ3n) is 4.48. The quantitative estimate of drug-likeness (QED) is 0.364. The number of guanidine groups is 1. The summed E-state index contributed by atoms with van der Waals surface area (Å²) < 4.78 is 7.98. The molecule has 1 aliphatic heterocycles. The van der Waals surface area contributed by atoms with Crippen molar-refractivity contribution in [2.75, 3.05) is 13.1 Å². The van der Waals surface area contributed by atoms with E-state index in [1.165, 1.54) is 5.56 Å². The minimum Gasteiger partial charge on any atom is -0.489 e. The van der Waals surface area contributed by atoms with Gasteiger partial charge in [-0.05, 0) is 51.8 Å². The molecule has 2 unspecified atom stereocenters. The first-order valence-corrected chi connectivity index (χ1v) is 9.72. The maximum absolute atomic E-state index is 5.98. The molecule has 1 aliphatic rings. The van der Waals surface area contributed by atoms with E-state index in [0.29, 0.717) is 12.6 Å². The molecule has 0 radical (unpaired) electrons. The van der Waals surface area contributed by atoms with E-state index in [-0.39, 0.29) is 30.1 Å². The average molecular weight is 498 g/mol. The summed E-state index contributed by atoms with van der Waals surface area (Å²) in [5, 5.41) is 11.3. The summed E-state index contributed by atoms with van der Waals surface area (Å²) in [5.74, 6) is 3.63. The highest BCUT2D eigenvalue weighted by atomic mass is 127. The number of aromatic nitrogens is 3. The number of halogens is 1. The standard InChI is InChI=1S/C20H30N6O.HI/c1-5-21-20(22-12-15(3)27-18-8-6-7-14(2)11-18)24-17-9-10-19-23-16(4)25-26(19)13-17;/h6-8,11,15,17H,5,9-10,12-13H2,1-4H3,(H2,21,22,24);1H. The molecule has 2 N–H and O–H groups in total. The van der Waals surface area contributed by atoms with Crippen LogP contribution in [0.25, 0.3) is 0 Å². The molecule has 154 valence electrons. The van der Waals surface area contributed by atoms with Crippen molar-refractivity contribution in [3.63, 3.8) is 0 Å². The molecule has 7 nitrogen and oxygen atoms in total. The molecule has 2 heterocycles. The molecular weight excluding hydrogens is 467 g/mol.